The molecule has 2 aliphatic rings. The van der Waals surface area contributed by atoms with Crippen LogP contribution in [0.4, 0.5) is 0 Å². The second-order valence-corrected chi connectivity index (χ2v) is 6.41. The van der Waals surface area contributed by atoms with Gasteiger partial charge in [0.2, 0.25) is 0 Å². The molecule has 1 aliphatic heterocycles. The molecule has 4 atom stereocenters. The molecular formula is C15H30N2O. The summed E-state index contributed by atoms with van der Waals surface area (Å²) in [7, 11) is 1.84. The van der Waals surface area contributed by atoms with Crippen molar-refractivity contribution < 1.29 is 4.74 Å². The third-order valence-corrected chi connectivity index (χ3v) is 5.67. The molecule has 2 fully saturated rings. The second-order valence-electron chi connectivity index (χ2n) is 6.41. The van der Waals surface area contributed by atoms with Crippen LogP contribution >= 0.6 is 0 Å². The third kappa shape index (κ3) is 2.45. The number of nitrogens with zero attached hydrogens (tertiary/aromatic N) is 1. The van der Waals surface area contributed by atoms with E-state index in [4.69, 9.17) is 10.5 Å². The molecule has 0 aromatic rings. The van der Waals surface area contributed by atoms with Crippen molar-refractivity contribution in [1.29, 1.82) is 0 Å². The van der Waals surface area contributed by atoms with Gasteiger partial charge in [0.15, 0.2) is 0 Å². The van der Waals surface area contributed by atoms with Crippen molar-refractivity contribution in [3.8, 4) is 0 Å². The molecule has 3 heteroatoms. The molecule has 2 rings (SSSR count). The number of hydrogen-bond donors (Lipinski definition) is 1. The summed E-state index contributed by atoms with van der Waals surface area (Å²) in [6.45, 7) is 7.88. The van der Waals surface area contributed by atoms with Gasteiger partial charge in [0.1, 0.15) is 0 Å². The van der Waals surface area contributed by atoms with Crippen LogP contribution in [0.3, 0.4) is 0 Å². The minimum absolute atomic E-state index is 0.231. The zero-order valence-corrected chi connectivity index (χ0v) is 12.3. The molecule has 1 heterocycles. The molecule has 0 aromatic heterocycles. The van der Waals surface area contributed by atoms with Gasteiger partial charge >= 0.3 is 0 Å². The summed E-state index contributed by atoms with van der Waals surface area (Å²) in [6, 6.07) is 0. The van der Waals surface area contributed by atoms with Crippen LogP contribution in [0.5, 0.6) is 0 Å². The summed E-state index contributed by atoms with van der Waals surface area (Å²) in [5.74, 6) is 1.50. The zero-order valence-electron chi connectivity index (χ0n) is 12.3. The lowest BCUT2D eigenvalue weighted by atomic mass is 9.67. The van der Waals surface area contributed by atoms with Crippen LogP contribution in [-0.4, -0.2) is 43.3 Å². The Kier molecular flexibility index (Phi) is 4.68. The quantitative estimate of drug-likeness (QED) is 0.839. The minimum Gasteiger partial charge on any atom is -0.380 e. The van der Waals surface area contributed by atoms with Crippen molar-refractivity contribution in [1.82, 2.24) is 4.90 Å². The van der Waals surface area contributed by atoms with Crippen LogP contribution in [0.15, 0.2) is 0 Å². The summed E-state index contributed by atoms with van der Waals surface area (Å²) >= 11 is 0. The van der Waals surface area contributed by atoms with E-state index in [0.717, 1.165) is 19.0 Å². The van der Waals surface area contributed by atoms with Gasteiger partial charge in [0.25, 0.3) is 0 Å². The highest BCUT2D eigenvalue weighted by Gasteiger charge is 2.45. The first-order valence-corrected chi connectivity index (χ1v) is 7.62. The Balaban J connectivity index is 2.15. The fourth-order valence-electron chi connectivity index (χ4n) is 4.14. The van der Waals surface area contributed by atoms with Gasteiger partial charge in [-0.1, -0.05) is 26.7 Å². The summed E-state index contributed by atoms with van der Waals surface area (Å²) in [4.78, 5) is 2.66. The highest BCUT2D eigenvalue weighted by molar-refractivity contribution is 5.01. The fourth-order valence-corrected chi connectivity index (χ4v) is 4.14. The Morgan fingerprint density at radius 3 is 2.72 bits per heavy atom. The lowest BCUT2D eigenvalue weighted by Crippen LogP contribution is -2.63. The van der Waals surface area contributed by atoms with E-state index in [9.17, 15) is 0 Å². The molecule has 4 unspecified atom stereocenters. The van der Waals surface area contributed by atoms with E-state index in [1.54, 1.807) is 0 Å². The molecule has 3 nitrogen and oxygen atoms in total. The van der Waals surface area contributed by atoms with Gasteiger partial charge in [-0.05, 0) is 37.6 Å². The van der Waals surface area contributed by atoms with Gasteiger partial charge in [-0.3, -0.25) is 4.90 Å². The number of hydrogen-bond acceptors (Lipinski definition) is 3. The minimum atomic E-state index is 0.231. The number of ether oxygens (including phenoxy) is 1. The highest BCUT2D eigenvalue weighted by atomic mass is 16.5. The van der Waals surface area contributed by atoms with E-state index < -0.39 is 0 Å². The van der Waals surface area contributed by atoms with Gasteiger partial charge in [0.05, 0.1) is 6.10 Å². The van der Waals surface area contributed by atoms with Crippen molar-refractivity contribution in [3.05, 3.63) is 0 Å². The molecule has 2 N–H and O–H groups in total. The number of methoxy groups -OCH3 is 1. The molecule has 0 spiro atoms. The largest absolute Gasteiger partial charge is 0.380 e. The van der Waals surface area contributed by atoms with Crippen molar-refractivity contribution in [2.45, 2.75) is 57.6 Å². The Hall–Kier alpha value is -0.120. The van der Waals surface area contributed by atoms with E-state index >= 15 is 0 Å². The molecule has 0 aromatic carbocycles. The molecule has 0 radical (unpaired) electrons. The summed E-state index contributed by atoms with van der Waals surface area (Å²) in [6.07, 6.45) is 6.83. The number of rotatable bonds is 3. The van der Waals surface area contributed by atoms with Crippen LogP contribution in [0, 0.1) is 11.8 Å². The number of nitrogens with two attached hydrogens (primary N) is 1. The van der Waals surface area contributed by atoms with Crippen molar-refractivity contribution >= 4 is 0 Å². The molecule has 106 valence electrons. The normalized spacial score (nSPS) is 43.0. The maximum absolute atomic E-state index is 6.23. The van der Waals surface area contributed by atoms with Gasteiger partial charge in [0, 0.05) is 25.7 Å². The van der Waals surface area contributed by atoms with Gasteiger partial charge < -0.3 is 10.5 Å². The first kappa shape index (κ1) is 14.3. The average Bonchev–Trinajstić information content (AvgIpc) is 2.42. The molecule has 1 saturated carbocycles. The Morgan fingerprint density at radius 2 is 2.06 bits per heavy atom. The number of likely N-dealkylation sites (tertiary alicyclic amines) is 1. The maximum atomic E-state index is 6.23. The predicted molar refractivity (Wildman–Crippen MR) is 75.6 cm³/mol. The van der Waals surface area contributed by atoms with Crippen molar-refractivity contribution in [3.63, 3.8) is 0 Å². The van der Waals surface area contributed by atoms with Crippen LogP contribution in [-0.2, 0) is 4.74 Å². The molecule has 1 aliphatic carbocycles. The van der Waals surface area contributed by atoms with Crippen LogP contribution in [0.2, 0.25) is 0 Å². The van der Waals surface area contributed by atoms with Crippen molar-refractivity contribution in [2.75, 3.05) is 26.7 Å². The maximum Gasteiger partial charge on any atom is 0.0698 e. The predicted octanol–water partition coefficient (Wildman–Crippen LogP) is 2.25. The smallest absolute Gasteiger partial charge is 0.0698 e. The number of piperidine rings is 1. The molecule has 0 bridgehead atoms. The van der Waals surface area contributed by atoms with Crippen LogP contribution in [0.1, 0.15) is 46.0 Å². The van der Waals surface area contributed by atoms with E-state index in [1.807, 2.05) is 7.11 Å². The summed E-state index contributed by atoms with van der Waals surface area (Å²) in [5.41, 5.74) is 6.46. The SMILES string of the molecule is COC1CCCN(C2(CN)CCCC(C)C2C)C1. The van der Waals surface area contributed by atoms with Crippen molar-refractivity contribution in [2.24, 2.45) is 17.6 Å². The molecular weight excluding hydrogens is 224 g/mol. The van der Waals surface area contributed by atoms with Gasteiger partial charge in [-0.25, -0.2) is 0 Å². The second kappa shape index (κ2) is 5.89. The fraction of sp³-hybridized carbons (Fsp3) is 1.00. The third-order valence-electron chi connectivity index (χ3n) is 5.67. The Morgan fingerprint density at radius 1 is 1.28 bits per heavy atom. The average molecular weight is 254 g/mol. The Bertz CT molecular complexity index is 271. The summed E-state index contributed by atoms with van der Waals surface area (Å²) in [5, 5.41) is 0. The lowest BCUT2D eigenvalue weighted by Gasteiger charge is -2.54. The topological polar surface area (TPSA) is 38.5 Å². The van der Waals surface area contributed by atoms with E-state index in [2.05, 4.69) is 18.7 Å². The monoisotopic (exact) mass is 254 g/mol. The lowest BCUT2D eigenvalue weighted by molar-refractivity contribution is -0.0632. The molecule has 18 heavy (non-hydrogen) atoms. The Labute approximate surface area is 112 Å². The van der Waals surface area contributed by atoms with Crippen LogP contribution < -0.4 is 5.73 Å². The van der Waals surface area contributed by atoms with Crippen LogP contribution in [0.25, 0.3) is 0 Å². The van der Waals surface area contributed by atoms with E-state index in [1.165, 1.54) is 38.6 Å². The van der Waals surface area contributed by atoms with Gasteiger partial charge in [-0.2, -0.15) is 0 Å². The first-order valence-electron chi connectivity index (χ1n) is 7.62. The first-order chi connectivity index (χ1) is 8.64. The molecule has 0 amide bonds. The van der Waals surface area contributed by atoms with E-state index in [0.29, 0.717) is 12.0 Å². The zero-order chi connectivity index (χ0) is 13.2. The van der Waals surface area contributed by atoms with E-state index in [-0.39, 0.29) is 5.54 Å². The molecule has 1 saturated heterocycles. The highest BCUT2D eigenvalue weighted by Crippen LogP contribution is 2.42. The summed E-state index contributed by atoms with van der Waals surface area (Å²) < 4.78 is 5.58. The standard InChI is InChI=1S/C15H30N2O/c1-12-6-4-8-15(11-16,13(12)2)17-9-5-7-14(10-17)18-3/h12-14H,4-11,16H2,1-3H3. The van der Waals surface area contributed by atoms with Gasteiger partial charge in [-0.15, -0.1) is 0 Å².